The second kappa shape index (κ2) is 8.00. The van der Waals surface area contributed by atoms with Gasteiger partial charge in [0.2, 0.25) is 17.1 Å². The fourth-order valence-electron chi connectivity index (χ4n) is 4.52. The van der Waals surface area contributed by atoms with Gasteiger partial charge in [0.05, 0.1) is 12.5 Å². The molecule has 1 aliphatic heterocycles. The highest BCUT2D eigenvalue weighted by Crippen LogP contribution is 2.34. The molecule has 0 aliphatic carbocycles. The van der Waals surface area contributed by atoms with Crippen LogP contribution in [0.25, 0.3) is 10.9 Å². The lowest BCUT2D eigenvalue weighted by atomic mass is 9.92. The number of aromatic amines is 1. The van der Waals surface area contributed by atoms with Crippen molar-refractivity contribution in [2.75, 3.05) is 6.54 Å². The quantitative estimate of drug-likeness (QED) is 0.516. The number of H-pyrrole nitrogens is 1. The molecular formula is C25H23N3O4. The van der Waals surface area contributed by atoms with Crippen LogP contribution in [0.3, 0.4) is 0 Å². The minimum absolute atomic E-state index is 0.0568. The average molecular weight is 429 g/mol. The number of carbonyl (C=O) groups excluding carboxylic acids is 1. The van der Waals surface area contributed by atoms with Gasteiger partial charge in [0.25, 0.3) is 0 Å². The Morgan fingerprint density at radius 3 is 2.94 bits per heavy atom. The first-order chi connectivity index (χ1) is 15.5. The molecule has 1 atom stereocenters. The lowest BCUT2D eigenvalue weighted by Gasteiger charge is -2.29. The van der Waals surface area contributed by atoms with Crippen molar-refractivity contribution in [3.63, 3.8) is 0 Å². The van der Waals surface area contributed by atoms with E-state index < -0.39 is 17.1 Å². The van der Waals surface area contributed by atoms with Gasteiger partial charge in [-0.1, -0.05) is 24.3 Å². The van der Waals surface area contributed by atoms with Crippen LogP contribution >= 0.6 is 0 Å². The van der Waals surface area contributed by atoms with E-state index in [0.29, 0.717) is 24.4 Å². The van der Waals surface area contributed by atoms with Gasteiger partial charge in [-0.2, -0.15) is 0 Å². The molecule has 0 radical (unpaired) electrons. The summed E-state index contributed by atoms with van der Waals surface area (Å²) in [7, 11) is 0. The first-order valence-electron chi connectivity index (χ1n) is 10.6. The predicted molar refractivity (Wildman–Crippen MR) is 119 cm³/mol. The number of fused-ring (bicyclic) bond motifs is 3. The summed E-state index contributed by atoms with van der Waals surface area (Å²) in [6.45, 7) is 2.75. The van der Waals surface area contributed by atoms with E-state index in [4.69, 9.17) is 4.42 Å². The zero-order valence-corrected chi connectivity index (χ0v) is 17.7. The first-order valence-corrected chi connectivity index (χ1v) is 10.6. The van der Waals surface area contributed by atoms with E-state index in [-0.39, 0.29) is 18.1 Å². The SMILES string of the molecule is Cc1cc(=O)c(O)c(C(CC(=O)N2CCc3c([nH]c4ccccc34)C2)c2cccnc2)o1. The molecule has 1 amide bonds. The second-order valence-electron chi connectivity index (χ2n) is 8.17. The van der Waals surface area contributed by atoms with Crippen molar-refractivity contribution in [3.8, 4) is 5.75 Å². The van der Waals surface area contributed by atoms with E-state index in [2.05, 4.69) is 16.0 Å². The largest absolute Gasteiger partial charge is 0.502 e. The van der Waals surface area contributed by atoms with Gasteiger partial charge in [0.1, 0.15) is 5.76 Å². The van der Waals surface area contributed by atoms with Crippen molar-refractivity contribution >= 4 is 16.8 Å². The number of para-hydroxylation sites is 1. The predicted octanol–water partition coefficient (Wildman–Crippen LogP) is 3.64. The van der Waals surface area contributed by atoms with Gasteiger partial charge in [-0.15, -0.1) is 0 Å². The zero-order valence-electron chi connectivity index (χ0n) is 17.7. The fourth-order valence-corrected chi connectivity index (χ4v) is 4.52. The van der Waals surface area contributed by atoms with E-state index >= 15 is 0 Å². The molecule has 0 saturated carbocycles. The van der Waals surface area contributed by atoms with Crippen molar-refractivity contribution in [1.82, 2.24) is 14.9 Å². The molecule has 2 N–H and O–H groups in total. The van der Waals surface area contributed by atoms with Crippen molar-refractivity contribution in [3.05, 3.63) is 93.4 Å². The minimum atomic E-state index is -0.618. The van der Waals surface area contributed by atoms with Gasteiger partial charge in [0.15, 0.2) is 5.76 Å². The van der Waals surface area contributed by atoms with Gasteiger partial charge in [-0.3, -0.25) is 14.6 Å². The van der Waals surface area contributed by atoms with Crippen LogP contribution in [-0.4, -0.2) is 32.4 Å². The molecule has 4 aromatic rings. The number of nitrogens with zero attached hydrogens (tertiary/aromatic N) is 2. The van der Waals surface area contributed by atoms with Crippen molar-refractivity contribution in [1.29, 1.82) is 0 Å². The van der Waals surface area contributed by atoms with Crippen LogP contribution in [0.2, 0.25) is 0 Å². The van der Waals surface area contributed by atoms with Crippen LogP contribution in [0, 0.1) is 6.92 Å². The molecule has 0 spiro atoms. The van der Waals surface area contributed by atoms with Gasteiger partial charge >= 0.3 is 0 Å². The maximum absolute atomic E-state index is 13.4. The highest BCUT2D eigenvalue weighted by Gasteiger charge is 2.30. The number of aromatic nitrogens is 2. The van der Waals surface area contributed by atoms with Crippen LogP contribution < -0.4 is 5.43 Å². The summed E-state index contributed by atoms with van der Waals surface area (Å²) in [6.07, 6.45) is 4.09. The average Bonchev–Trinajstić information content (AvgIpc) is 3.18. The Balaban J connectivity index is 1.45. The lowest BCUT2D eigenvalue weighted by molar-refractivity contribution is -0.132. The molecule has 7 nitrogen and oxygen atoms in total. The minimum Gasteiger partial charge on any atom is -0.502 e. The van der Waals surface area contributed by atoms with E-state index in [9.17, 15) is 14.7 Å². The van der Waals surface area contributed by atoms with Crippen LogP contribution in [0.1, 0.15) is 40.7 Å². The summed E-state index contributed by atoms with van der Waals surface area (Å²) >= 11 is 0. The van der Waals surface area contributed by atoms with E-state index in [1.165, 1.54) is 17.0 Å². The van der Waals surface area contributed by atoms with Crippen LogP contribution in [-0.2, 0) is 17.8 Å². The first kappa shape index (κ1) is 20.1. The number of hydrogen-bond acceptors (Lipinski definition) is 5. The molecule has 4 heterocycles. The topological polar surface area (TPSA) is 99.4 Å². The molecule has 5 rings (SSSR count). The summed E-state index contributed by atoms with van der Waals surface area (Å²) in [5, 5.41) is 11.6. The molecule has 7 heteroatoms. The van der Waals surface area contributed by atoms with Gasteiger partial charge in [-0.25, -0.2) is 0 Å². The molecular weight excluding hydrogens is 406 g/mol. The molecule has 162 valence electrons. The molecule has 0 bridgehead atoms. The van der Waals surface area contributed by atoms with Crippen molar-refractivity contribution < 1.29 is 14.3 Å². The number of aryl methyl sites for hydroxylation is 1. The van der Waals surface area contributed by atoms with Gasteiger partial charge < -0.3 is 19.4 Å². The molecule has 1 unspecified atom stereocenters. The van der Waals surface area contributed by atoms with Crippen molar-refractivity contribution in [2.45, 2.75) is 32.2 Å². The molecule has 32 heavy (non-hydrogen) atoms. The Bertz CT molecular complexity index is 1360. The maximum atomic E-state index is 13.4. The zero-order chi connectivity index (χ0) is 22.2. The van der Waals surface area contributed by atoms with Crippen LogP contribution in [0.4, 0.5) is 0 Å². The number of benzene rings is 1. The third-order valence-corrected chi connectivity index (χ3v) is 6.09. The summed E-state index contributed by atoms with van der Waals surface area (Å²) < 4.78 is 5.74. The van der Waals surface area contributed by atoms with E-state index in [0.717, 1.165) is 17.6 Å². The second-order valence-corrected chi connectivity index (χ2v) is 8.17. The summed E-state index contributed by atoms with van der Waals surface area (Å²) in [6, 6.07) is 13.0. The summed E-state index contributed by atoms with van der Waals surface area (Å²) in [4.78, 5) is 34.9. The molecule has 0 fully saturated rings. The Morgan fingerprint density at radius 1 is 1.28 bits per heavy atom. The normalized spacial score (nSPS) is 14.3. The number of carbonyl (C=O) groups is 1. The maximum Gasteiger partial charge on any atom is 0.227 e. The number of rotatable bonds is 4. The monoisotopic (exact) mass is 429 g/mol. The number of nitrogens with one attached hydrogen (secondary N) is 1. The smallest absolute Gasteiger partial charge is 0.227 e. The van der Waals surface area contributed by atoms with Gasteiger partial charge in [0, 0.05) is 48.0 Å². The van der Waals surface area contributed by atoms with Gasteiger partial charge in [-0.05, 0) is 36.6 Å². The Labute approximate surface area is 184 Å². The number of amides is 1. The fraction of sp³-hybridized carbons (Fsp3) is 0.240. The third-order valence-electron chi connectivity index (χ3n) is 6.09. The Hall–Kier alpha value is -3.87. The van der Waals surface area contributed by atoms with Crippen LogP contribution in [0.5, 0.6) is 5.75 Å². The van der Waals surface area contributed by atoms with E-state index in [1.807, 2.05) is 29.2 Å². The number of pyridine rings is 1. The molecule has 1 aliphatic rings. The molecule has 0 saturated heterocycles. The highest BCUT2D eigenvalue weighted by atomic mass is 16.4. The van der Waals surface area contributed by atoms with E-state index in [1.54, 1.807) is 25.4 Å². The standard InChI is InChI=1S/C25H23N3O4/c1-15-11-22(29)24(31)25(32-15)19(16-5-4-9-26-13-16)12-23(30)28-10-8-18-17-6-2-3-7-20(17)27-21(18)14-28/h2-7,9,11,13,19,27,31H,8,10,12,14H2,1H3. The highest BCUT2D eigenvalue weighted by molar-refractivity contribution is 5.86. The third kappa shape index (κ3) is 3.56. The number of aromatic hydroxyl groups is 1. The lowest BCUT2D eigenvalue weighted by Crippen LogP contribution is -2.36. The Kier molecular flexibility index (Phi) is 5.01. The van der Waals surface area contributed by atoms with Crippen molar-refractivity contribution in [2.24, 2.45) is 0 Å². The molecule has 3 aromatic heterocycles. The summed E-state index contributed by atoms with van der Waals surface area (Å²) in [5.74, 6) is -0.682. The summed E-state index contributed by atoms with van der Waals surface area (Å²) in [5.41, 5.74) is 3.56. The molecule has 1 aromatic carbocycles. The van der Waals surface area contributed by atoms with Crippen LogP contribution in [0.15, 0.2) is 64.1 Å². The number of hydrogen-bond donors (Lipinski definition) is 2. The Morgan fingerprint density at radius 2 is 2.12 bits per heavy atom.